The molecule has 0 bridgehead atoms. The molecule has 2 aromatic carbocycles. The summed E-state index contributed by atoms with van der Waals surface area (Å²) in [4.78, 5) is 29.7. The highest BCUT2D eigenvalue weighted by Gasteiger charge is 2.19. The number of imidazole rings is 1. The molecule has 2 amide bonds. The molecule has 0 fully saturated rings. The zero-order chi connectivity index (χ0) is 25.7. The molecule has 8 heteroatoms. The Hall–Kier alpha value is -4.33. The van der Waals surface area contributed by atoms with Gasteiger partial charge in [0, 0.05) is 23.6 Å². The first-order valence-electron chi connectivity index (χ1n) is 11.9. The number of methoxy groups -OCH3 is 1. The van der Waals surface area contributed by atoms with Gasteiger partial charge in [-0.25, -0.2) is 4.98 Å². The van der Waals surface area contributed by atoms with E-state index in [1.54, 1.807) is 38.3 Å². The van der Waals surface area contributed by atoms with E-state index in [-0.39, 0.29) is 0 Å². The maximum absolute atomic E-state index is 12.5. The average molecular weight is 487 g/mol. The normalized spacial score (nSPS) is 11.7. The van der Waals surface area contributed by atoms with E-state index < -0.39 is 17.9 Å². The summed E-state index contributed by atoms with van der Waals surface area (Å²) in [6.07, 6.45) is 4.80. The quantitative estimate of drug-likeness (QED) is 0.345. The fraction of sp³-hybridized carbons (Fsp3) is 0.250. The Balaban J connectivity index is 1.38. The zero-order valence-corrected chi connectivity index (χ0v) is 20.9. The summed E-state index contributed by atoms with van der Waals surface area (Å²) in [5.41, 5.74) is 5.04. The number of amides is 2. The number of aromatic nitrogens is 2. The van der Waals surface area contributed by atoms with E-state index in [0.717, 1.165) is 34.5 Å². The number of fused-ring (bicyclic) bond motifs is 1. The van der Waals surface area contributed by atoms with Crippen molar-refractivity contribution in [1.82, 2.24) is 14.7 Å². The third-order valence-corrected chi connectivity index (χ3v) is 5.82. The Morgan fingerprint density at radius 3 is 2.53 bits per heavy atom. The number of anilines is 1. The third kappa shape index (κ3) is 5.49. The molecule has 0 aliphatic carbocycles. The first-order chi connectivity index (χ1) is 17.4. The lowest BCUT2D eigenvalue weighted by atomic mass is 10.1. The largest absolute Gasteiger partial charge is 0.493 e. The number of nitrogens with one attached hydrogen (secondary N) is 2. The Bertz CT molecular complexity index is 1380. The van der Waals surface area contributed by atoms with E-state index in [1.807, 2.05) is 61.0 Å². The first-order valence-corrected chi connectivity index (χ1v) is 11.9. The van der Waals surface area contributed by atoms with Crippen molar-refractivity contribution < 1.29 is 19.1 Å². The second-order valence-corrected chi connectivity index (χ2v) is 8.53. The van der Waals surface area contributed by atoms with Crippen LogP contribution in [0.25, 0.3) is 16.9 Å². The lowest BCUT2D eigenvalue weighted by Gasteiger charge is -2.17. The van der Waals surface area contributed by atoms with Gasteiger partial charge in [0.15, 0.2) is 11.5 Å². The third-order valence-electron chi connectivity index (χ3n) is 5.82. The number of aryl methyl sites for hydroxylation is 1. The summed E-state index contributed by atoms with van der Waals surface area (Å²) in [5, 5.41) is 5.37. The molecule has 0 aliphatic heterocycles. The Morgan fingerprint density at radius 1 is 1.06 bits per heavy atom. The zero-order valence-electron chi connectivity index (χ0n) is 20.9. The molecule has 0 aliphatic rings. The van der Waals surface area contributed by atoms with Gasteiger partial charge >= 0.3 is 11.8 Å². The van der Waals surface area contributed by atoms with Crippen molar-refractivity contribution in [3.05, 3.63) is 78.1 Å². The summed E-state index contributed by atoms with van der Waals surface area (Å²) in [5.74, 6) is -0.255. The fourth-order valence-electron chi connectivity index (χ4n) is 3.84. The topological polar surface area (TPSA) is 94.0 Å². The van der Waals surface area contributed by atoms with E-state index in [4.69, 9.17) is 9.47 Å². The summed E-state index contributed by atoms with van der Waals surface area (Å²) >= 11 is 0. The van der Waals surface area contributed by atoms with Crippen LogP contribution in [0, 0.1) is 6.92 Å². The second-order valence-electron chi connectivity index (χ2n) is 8.53. The number of hydrogen-bond donors (Lipinski definition) is 2. The molecule has 4 aromatic rings. The maximum Gasteiger partial charge on any atom is 0.313 e. The first kappa shape index (κ1) is 24.8. The van der Waals surface area contributed by atoms with Crippen molar-refractivity contribution in [1.29, 1.82) is 0 Å². The molecular weight excluding hydrogens is 456 g/mol. The van der Waals surface area contributed by atoms with Crippen LogP contribution in [0.2, 0.25) is 0 Å². The van der Waals surface area contributed by atoms with E-state index in [1.165, 1.54) is 0 Å². The Kier molecular flexibility index (Phi) is 7.53. The predicted octanol–water partition coefficient (Wildman–Crippen LogP) is 4.92. The van der Waals surface area contributed by atoms with Gasteiger partial charge < -0.3 is 24.5 Å². The molecule has 0 saturated heterocycles. The number of carbonyl (C=O) groups is 2. The van der Waals surface area contributed by atoms with Crippen LogP contribution in [-0.2, 0) is 9.59 Å². The molecule has 2 heterocycles. The molecule has 1 atom stereocenters. The van der Waals surface area contributed by atoms with Crippen LogP contribution in [-0.4, -0.2) is 34.9 Å². The van der Waals surface area contributed by atoms with Gasteiger partial charge in [0.25, 0.3) is 0 Å². The molecule has 4 rings (SSSR count). The molecule has 0 spiro atoms. The average Bonchev–Trinajstić information content (AvgIpc) is 3.33. The number of nitrogens with zero attached hydrogens (tertiary/aromatic N) is 2. The highest BCUT2D eigenvalue weighted by atomic mass is 16.5. The molecule has 2 N–H and O–H groups in total. The summed E-state index contributed by atoms with van der Waals surface area (Å²) < 4.78 is 13.1. The highest BCUT2D eigenvalue weighted by Crippen LogP contribution is 2.30. The van der Waals surface area contributed by atoms with Crippen molar-refractivity contribution >= 4 is 23.1 Å². The van der Waals surface area contributed by atoms with E-state index in [2.05, 4.69) is 15.6 Å². The molecule has 36 heavy (non-hydrogen) atoms. The highest BCUT2D eigenvalue weighted by molar-refractivity contribution is 6.39. The monoisotopic (exact) mass is 486 g/mol. The van der Waals surface area contributed by atoms with Gasteiger partial charge in [0.2, 0.25) is 0 Å². The lowest BCUT2D eigenvalue weighted by molar-refractivity contribution is -0.136. The van der Waals surface area contributed by atoms with Crippen molar-refractivity contribution in [2.24, 2.45) is 0 Å². The van der Waals surface area contributed by atoms with E-state index >= 15 is 0 Å². The number of ether oxygens (including phenoxy) is 2. The Labute approximate surface area is 210 Å². The molecule has 186 valence electrons. The lowest BCUT2D eigenvalue weighted by Crippen LogP contribution is -2.36. The van der Waals surface area contributed by atoms with Gasteiger partial charge in [-0.2, -0.15) is 0 Å². The van der Waals surface area contributed by atoms with Crippen LogP contribution in [0.5, 0.6) is 11.5 Å². The molecule has 2 aromatic heterocycles. The van der Waals surface area contributed by atoms with Crippen LogP contribution >= 0.6 is 0 Å². The van der Waals surface area contributed by atoms with E-state index in [9.17, 15) is 9.59 Å². The minimum atomic E-state index is -0.743. The van der Waals surface area contributed by atoms with Crippen LogP contribution in [0.3, 0.4) is 0 Å². The minimum Gasteiger partial charge on any atom is -0.493 e. The van der Waals surface area contributed by atoms with Crippen molar-refractivity contribution in [3.8, 4) is 22.8 Å². The number of rotatable bonds is 8. The van der Waals surface area contributed by atoms with Gasteiger partial charge in [-0.15, -0.1) is 0 Å². The van der Waals surface area contributed by atoms with Gasteiger partial charge in [0.05, 0.1) is 25.5 Å². The number of hydrogen-bond acceptors (Lipinski definition) is 5. The molecule has 0 radical (unpaired) electrons. The summed E-state index contributed by atoms with van der Waals surface area (Å²) in [6, 6.07) is 16.3. The second kappa shape index (κ2) is 10.9. The standard InChI is InChI=1S/C28H30N4O4/c1-5-15-36-24-13-10-21(16-25(24)35-4)19(3)29-27(33)28(34)30-22-11-8-20(9-12-22)23-17-32-14-6-7-18(2)26(32)31-23/h6-14,16-17,19H,5,15H2,1-4H3,(H,29,33)(H,30,34). The van der Waals surface area contributed by atoms with Crippen LogP contribution in [0.15, 0.2) is 67.0 Å². The molecule has 8 nitrogen and oxygen atoms in total. The van der Waals surface area contributed by atoms with Crippen molar-refractivity contribution in [2.75, 3.05) is 19.0 Å². The van der Waals surface area contributed by atoms with Crippen molar-refractivity contribution in [2.45, 2.75) is 33.2 Å². The molecular formula is C28H30N4O4. The summed E-state index contributed by atoms with van der Waals surface area (Å²) in [7, 11) is 1.57. The smallest absolute Gasteiger partial charge is 0.313 e. The fourth-order valence-corrected chi connectivity index (χ4v) is 3.84. The Morgan fingerprint density at radius 2 is 1.83 bits per heavy atom. The van der Waals surface area contributed by atoms with Crippen molar-refractivity contribution in [3.63, 3.8) is 0 Å². The van der Waals surface area contributed by atoms with Crippen LogP contribution in [0.4, 0.5) is 5.69 Å². The minimum absolute atomic E-state index is 0.404. The van der Waals surface area contributed by atoms with Gasteiger partial charge in [-0.1, -0.05) is 31.2 Å². The predicted molar refractivity (Wildman–Crippen MR) is 139 cm³/mol. The SMILES string of the molecule is CCCOc1ccc(C(C)NC(=O)C(=O)Nc2ccc(-c3cn4cccc(C)c4n3)cc2)cc1OC. The van der Waals surface area contributed by atoms with E-state index in [0.29, 0.717) is 23.8 Å². The number of benzene rings is 2. The van der Waals surface area contributed by atoms with Crippen LogP contribution < -0.4 is 20.1 Å². The number of pyridine rings is 1. The molecule has 0 saturated carbocycles. The maximum atomic E-state index is 12.5. The summed E-state index contributed by atoms with van der Waals surface area (Å²) in [6.45, 7) is 6.43. The van der Waals surface area contributed by atoms with Gasteiger partial charge in [-0.05, 0) is 61.7 Å². The molecule has 1 unspecified atom stereocenters. The van der Waals surface area contributed by atoms with Gasteiger partial charge in [-0.3, -0.25) is 9.59 Å². The van der Waals surface area contributed by atoms with Crippen LogP contribution in [0.1, 0.15) is 37.4 Å². The van der Waals surface area contributed by atoms with Gasteiger partial charge in [0.1, 0.15) is 5.65 Å². The number of carbonyl (C=O) groups excluding carboxylic acids is 2.